The van der Waals surface area contributed by atoms with Gasteiger partial charge in [-0.3, -0.25) is 9.69 Å². The summed E-state index contributed by atoms with van der Waals surface area (Å²) < 4.78 is 5.03. The summed E-state index contributed by atoms with van der Waals surface area (Å²) in [5.74, 6) is 0.0297. The van der Waals surface area contributed by atoms with Crippen molar-refractivity contribution in [1.29, 1.82) is 0 Å². The molecule has 1 heterocycles. The number of nitrogens with zero attached hydrogens (tertiary/aromatic N) is 1. The van der Waals surface area contributed by atoms with Gasteiger partial charge >= 0.3 is 6.09 Å². The van der Waals surface area contributed by atoms with Gasteiger partial charge in [-0.15, -0.1) is 0 Å². The van der Waals surface area contributed by atoms with Gasteiger partial charge in [0.25, 0.3) is 0 Å². The van der Waals surface area contributed by atoms with E-state index in [1.54, 1.807) is 6.92 Å². The van der Waals surface area contributed by atoms with Crippen molar-refractivity contribution in [1.82, 2.24) is 0 Å². The molecule has 0 aromatic heterocycles. The summed E-state index contributed by atoms with van der Waals surface area (Å²) in [5, 5.41) is -0.266. The smallest absolute Gasteiger partial charge is 0.416 e. The Morgan fingerprint density at radius 2 is 2.16 bits per heavy atom. The van der Waals surface area contributed by atoms with Crippen LogP contribution in [-0.4, -0.2) is 22.8 Å². The van der Waals surface area contributed by atoms with E-state index < -0.39 is 11.7 Å². The van der Waals surface area contributed by atoms with E-state index in [-0.39, 0.29) is 17.6 Å². The maximum atomic E-state index is 12.1. The second kappa shape index (κ2) is 5.84. The van der Waals surface area contributed by atoms with Gasteiger partial charge in [-0.05, 0) is 26.0 Å². The van der Waals surface area contributed by atoms with Gasteiger partial charge in [0.15, 0.2) is 5.56 Å². The number of carbonyl (C=O) groups excluding carboxylic acids is 2. The number of benzene rings is 1. The van der Waals surface area contributed by atoms with Crippen LogP contribution in [0.4, 0.5) is 10.5 Å². The first-order valence-electron chi connectivity index (χ1n) is 5.88. The maximum Gasteiger partial charge on any atom is 0.416 e. The summed E-state index contributed by atoms with van der Waals surface area (Å²) in [6.07, 6.45) is -0.239. The van der Waals surface area contributed by atoms with Crippen LogP contribution in [0, 0.1) is 0 Å². The second-order valence-electron chi connectivity index (χ2n) is 4.24. The Kier molecular flexibility index (Phi) is 4.37. The normalized spacial score (nSPS) is 18.9. The molecular formula is C13H14ClNO3S. The lowest BCUT2D eigenvalue weighted by atomic mass is 10.2. The van der Waals surface area contributed by atoms with E-state index in [9.17, 15) is 9.59 Å². The molecule has 0 saturated carbocycles. The Hall–Kier alpha value is -1.20. The lowest BCUT2D eigenvalue weighted by Crippen LogP contribution is -2.38. The van der Waals surface area contributed by atoms with Gasteiger partial charge in [-0.2, -0.15) is 0 Å². The molecule has 1 aliphatic rings. The largest absolute Gasteiger partial charge is 0.430 e. The third-order valence-electron chi connectivity index (χ3n) is 2.60. The fourth-order valence-corrected chi connectivity index (χ4v) is 3.34. The van der Waals surface area contributed by atoms with E-state index in [1.807, 2.05) is 24.3 Å². The number of Topliss-reactive ketones (excluding diaryl/α,β-unsaturated/α-hetero) is 1. The standard InChI is InChI=1S/C13H14ClNO3S/c1-8(16)7-12-15(13(17)18-9(2)14)10-5-3-4-6-11(10)19-12/h3-6,9,12H,7H2,1-2H3. The molecule has 0 radical (unpaired) electrons. The third kappa shape index (κ3) is 3.22. The molecule has 2 rings (SSSR count). The molecule has 0 bridgehead atoms. The van der Waals surface area contributed by atoms with Crippen molar-refractivity contribution in [2.45, 2.75) is 36.1 Å². The molecule has 102 valence electrons. The van der Waals surface area contributed by atoms with Crippen LogP contribution in [-0.2, 0) is 9.53 Å². The summed E-state index contributed by atoms with van der Waals surface area (Å²) in [5.41, 5.74) is 0.0595. The molecule has 1 aromatic rings. The quantitative estimate of drug-likeness (QED) is 0.800. The fourth-order valence-electron chi connectivity index (χ4n) is 1.90. The SMILES string of the molecule is CC(=O)CC1Sc2ccccc2N1C(=O)OC(C)Cl. The summed E-state index contributed by atoms with van der Waals surface area (Å²) in [6.45, 7) is 3.09. The lowest BCUT2D eigenvalue weighted by Gasteiger charge is -2.23. The van der Waals surface area contributed by atoms with Crippen molar-refractivity contribution in [3.63, 3.8) is 0 Å². The van der Waals surface area contributed by atoms with E-state index in [1.165, 1.54) is 23.6 Å². The van der Waals surface area contributed by atoms with Gasteiger partial charge < -0.3 is 4.74 Å². The highest BCUT2D eigenvalue weighted by Gasteiger charge is 2.36. The molecule has 0 saturated heterocycles. The monoisotopic (exact) mass is 299 g/mol. The Labute approximate surface area is 121 Å². The van der Waals surface area contributed by atoms with Crippen molar-refractivity contribution >= 4 is 40.9 Å². The van der Waals surface area contributed by atoms with Gasteiger partial charge in [0, 0.05) is 11.3 Å². The van der Waals surface area contributed by atoms with Gasteiger partial charge in [0.2, 0.25) is 0 Å². The molecule has 0 N–H and O–H groups in total. The summed E-state index contributed by atoms with van der Waals surface area (Å²) in [7, 11) is 0. The molecule has 0 spiro atoms. The molecule has 0 fully saturated rings. The number of ketones is 1. The van der Waals surface area contributed by atoms with Crippen molar-refractivity contribution in [2.24, 2.45) is 0 Å². The van der Waals surface area contributed by atoms with Crippen LogP contribution in [0.1, 0.15) is 20.3 Å². The molecule has 2 unspecified atom stereocenters. The molecule has 6 heteroatoms. The average molecular weight is 300 g/mol. The van der Waals surface area contributed by atoms with Crippen LogP contribution in [0.2, 0.25) is 0 Å². The van der Waals surface area contributed by atoms with E-state index >= 15 is 0 Å². The average Bonchev–Trinajstić information content (AvgIpc) is 2.64. The number of ether oxygens (including phenoxy) is 1. The van der Waals surface area contributed by atoms with E-state index in [4.69, 9.17) is 16.3 Å². The predicted molar refractivity (Wildman–Crippen MR) is 75.7 cm³/mol. The zero-order chi connectivity index (χ0) is 14.0. The second-order valence-corrected chi connectivity index (χ2v) is 6.08. The number of rotatable bonds is 3. The topological polar surface area (TPSA) is 46.6 Å². The van der Waals surface area contributed by atoms with Crippen LogP contribution in [0.25, 0.3) is 0 Å². The Balaban J connectivity index is 2.28. The van der Waals surface area contributed by atoms with E-state index in [2.05, 4.69) is 0 Å². The van der Waals surface area contributed by atoms with Gasteiger partial charge in [0.05, 0.1) is 11.1 Å². The number of alkyl halides is 1. The predicted octanol–water partition coefficient (Wildman–Crippen LogP) is 3.63. The number of thioether (sulfide) groups is 1. The number of hydrogen-bond acceptors (Lipinski definition) is 4. The molecule has 1 aromatic carbocycles. The van der Waals surface area contributed by atoms with Crippen molar-refractivity contribution in [3.05, 3.63) is 24.3 Å². The lowest BCUT2D eigenvalue weighted by molar-refractivity contribution is -0.116. The zero-order valence-electron chi connectivity index (χ0n) is 10.6. The minimum absolute atomic E-state index is 0.0297. The summed E-state index contributed by atoms with van der Waals surface area (Å²) in [4.78, 5) is 25.9. The van der Waals surface area contributed by atoms with Gasteiger partial charge in [-0.1, -0.05) is 35.5 Å². The highest BCUT2D eigenvalue weighted by molar-refractivity contribution is 8.00. The highest BCUT2D eigenvalue weighted by Crippen LogP contribution is 2.44. The summed E-state index contributed by atoms with van der Waals surface area (Å²) in [6, 6.07) is 7.50. The molecule has 2 atom stereocenters. The Morgan fingerprint density at radius 3 is 2.79 bits per heavy atom. The third-order valence-corrected chi connectivity index (χ3v) is 3.94. The van der Waals surface area contributed by atoms with Crippen LogP contribution < -0.4 is 4.90 Å². The zero-order valence-corrected chi connectivity index (χ0v) is 12.2. The number of carbonyl (C=O) groups is 2. The number of fused-ring (bicyclic) bond motifs is 1. The van der Waals surface area contributed by atoms with Gasteiger partial charge in [-0.25, -0.2) is 4.79 Å². The summed E-state index contributed by atoms with van der Waals surface area (Å²) >= 11 is 7.18. The van der Waals surface area contributed by atoms with Crippen LogP contribution >= 0.6 is 23.4 Å². The first kappa shape index (κ1) is 14.2. The fraction of sp³-hybridized carbons (Fsp3) is 0.385. The van der Waals surface area contributed by atoms with Crippen molar-refractivity contribution in [3.8, 4) is 0 Å². The minimum atomic E-state index is -0.705. The number of anilines is 1. The number of para-hydroxylation sites is 1. The highest BCUT2D eigenvalue weighted by atomic mass is 35.5. The minimum Gasteiger partial charge on any atom is -0.430 e. The molecule has 0 aliphatic carbocycles. The maximum absolute atomic E-state index is 12.1. The Morgan fingerprint density at radius 1 is 1.47 bits per heavy atom. The molecular weight excluding hydrogens is 286 g/mol. The number of halogens is 1. The molecule has 19 heavy (non-hydrogen) atoms. The van der Waals surface area contributed by atoms with E-state index in [0.29, 0.717) is 0 Å². The van der Waals surface area contributed by atoms with E-state index in [0.717, 1.165) is 10.6 Å². The molecule has 1 amide bonds. The van der Waals surface area contributed by atoms with Crippen molar-refractivity contribution < 1.29 is 14.3 Å². The van der Waals surface area contributed by atoms with Crippen LogP contribution in [0.3, 0.4) is 0 Å². The Bertz CT molecular complexity index is 506. The van der Waals surface area contributed by atoms with Crippen LogP contribution in [0.15, 0.2) is 29.2 Å². The number of amides is 1. The molecule has 4 nitrogen and oxygen atoms in total. The number of hydrogen-bond donors (Lipinski definition) is 0. The first-order valence-corrected chi connectivity index (χ1v) is 7.19. The van der Waals surface area contributed by atoms with Crippen molar-refractivity contribution in [2.75, 3.05) is 4.90 Å². The molecule has 1 aliphatic heterocycles. The van der Waals surface area contributed by atoms with Crippen LogP contribution in [0.5, 0.6) is 0 Å². The first-order chi connectivity index (χ1) is 8.99. The van der Waals surface area contributed by atoms with Gasteiger partial charge in [0.1, 0.15) is 5.78 Å².